The molecule has 8 aliphatic rings. The molecule has 4 N–H and O–H groups in total. The Hall–Kier alpha value is -0.480. The Balaban J connectivity index is 0.000000636. The van der Waals surface area contributed by atoms with Crippen LogP contribution in [0.3, 0.4) is 0 Å². The summed E-state index contributed by atoms with van der Waals surface area (Å²) in [5.74, 6) is 3.78. The summed E-state index contributed by atoms with van der Waals surface area (Å²) in [6.07, 6.45) is 39.6. The van der Waals surface area contributed by atoms with Crippen molar-refractivity contribution in [2.75, 3.05) is 144 Å². The van der Waals surface area contributed by atoms with E-state index < -0.39 is 0 Å². The second-order valence-electron chi connectivity index (χ2n) is 44.7. The van der Waals surface area contributed by atoms with Crippen LogP contribution in [0.4, 0.5) is 0 Å². The quantitative estimate of drug-likeness (QED) is 0.0592. The van der Waals surface area contributed by atoms with Crippen molar-refractivity contribution < 1.29 is 0 Å². The molecule has 0 bridgehead atoms. The van der Waals surface area contributed by atoms with Gasteiger partial charge in [-0.2, -0.15) is 0 Å². The van der Waals surface area contributed by atoms with Crippen LogP contribution in [0.2, 0.25) is 0 Å². The van der Waals surface area contributed by atoms with Crippen molar-refractivity contribution in [3.8, 4) is 0 Å². The third-order valence-electron chi connectivity index (χ3n) is 26.4. The molecular formula is C99H210N12. The molecule has 12 heteroatoms. The molecular weight excluding hydrogens is 1360 g/mol. The number of nitrogens with zero attached hydrogens (tertiary/aromatic N) is 8. The number of hydrogen-bond donors (Lipinski definition) is 4. The molecule has 0 aromatic carbocycles. The van der Waals surface area contributed by atoms with Gasteiger partial charge in [0.25, 0.3) is 0 Å². The van der Waals surface area contributed by atoms with Gasteiger partial charge in [0.05, 0.1) is 0 Å². The molecule has 8 fully saturated rings. The Morgan fingerprint density at radius 1 is 0.234 bits per heavy atom. The molecule has 0 aliphatic carbocycles. The predicted octanol–water partition coefficient (Wildman–Crippen LogP) is 23.1. The van der Waals surface area contributed by atoms with Crippen LogP contribution in [0.1, 0.15) is 408 Å². The highest BCUT2D eigenvalue weighted by Gasteiger charge is 2.37. The van der Waals surface area contributed by atoms with E-state index in [1.165, 1.54) is 324 Å². The fourth-order valence-corrected chi connectivity index (χ4v) is 16.8. The van der Waals surface area contributed by atoms with Crippen LogP contribution in [0.15, 0.2) is 0 Å². The number of likely N-dealkylation sites (tertiary alicyclic amines) is 8. The molecule has 0 unspecified atom stereocenters. The van der Waals surface area contributed by atoms with Gasteiger partial charge in [-0.05, 0) is 334 Å². The van der Waals surface area contributed by atoms with Gasteiger partial charge in [0.1, 0.15) is 0 Å². The molecule has 111 heavy (non-hydrogen) atoms. The fraction of sp³-hybridized carbons (Fsp3) is 1.00. The average Bonchev–Trinajstić information content (AvgIpc) is 0.824. The van der Waals surface area contributed by atoms with Crippen molar-refractivity contribution in [2.45, 2.75) is 465 Å². The van der Waals surface area contributed by atoms with Crippen molar-refractivity contribution in [3.63, 3.8) is 0 Å². The van der Waals surface area contributed by atoms with E-state index in [1.807, 2.05) is 0 Å². The van der Waals surface area contributed by atoms with Crippen LogP contribution in [-0.4, -0.2) is 241 Å². The van der Waals surface area contributed by atoms with Crippen LogP contribution >= 0.6 is 0 Å². The third-order valence-corrected chi connectivity index (χ3v) is 26.4. The summed E-state index contributed by atoms with van der Waals surface area (Å²) in [5, 5.41) is 14.5. The van der Waals surface area contributed by atoms with E-state index in [-0.39, 0.29) is 0 Å². The molecule has 0 aromatic rings. The Bertz CT molecular complexity index is 2070. The van der Waals surface area contributed by atoms with Gasteiger partial charge in [0, 0.05) is 136 Å². The molecule has 12 nitrogen and oxygen atoms in total. The SMILES string of the molecule is CC1CCN(C(C)(C)C)CC1.CC1CCN(C(C)(C)C)CC1.CCCCCCCCN1CC(C(C)(C)C)C1.CCCCCCCN1CC(C(C)(C)C)C1.CCCCCNC1CCN(C(C)(C)C)CC1.CCCCNC1CCN(C(C)(C)C)CC1.CCCNC1CCN(C(C)(C)C)CC1.CCNC1CCN(C(C)(C)C)CC1. The lowest BCUT2D eigenvalue weighted by Gasteiger charge is -2.46. The maximum Gasteiger partial charge on any atom is 0.0125 e. The number of hydrogen-bond acceptors (Lipinski definition) is 12. The summed E-state index contributed by atoms with van der Waals surface area (Å²) in [6.45, 7) is 102. The van der Waals surface area contributed by atoms with Crippen LogP contribution in [0.25, 0.3) is 0 Å². The first-order chi connectivity index (χ1) is 51.7. The summed E-state index contributed by atoms with van der Waals surface area (Å²) in [6, 6.07) is 3.09. The lowest BCUT2D eigenvalue weighted by molar-refractivity contribution is 0.0238. The molecule has 8 aliphatic heterocycles. The molecule has 8 rings (SSSR count). The summed E-state index contributed by atoms with van der Waals surface area (Å²) >= 11 is 0. The topological polar surface area (TPSA) is 74.0 Å². The highest BCUT2D eigenvalue weighted by Crippen LogP contribution is 2.35. The lowest BCUT2D eigenvalue weighted by Crippen LogP contribution is -2.52. The number of rotatable bonds is 27. The molecule has 0 spiro atoms. The zero-order valence-electron chi connectivity index (χ0n) is 82.3. The predicted molar refractivity (Wildman–Crippen MR) is 500 cm³/mol. The number of unbranched alkanes of at least 4 members (excludes halogenated alkanes) is 12. The number of nitrogens with one attached hydrogen (secondary N) is 4. The number of piperidine rings is 6. The average molecular weight is 1570 g/mol. The zero-order valence-corrected chi connectivity index (χ0v) is 82.3. The van der Waals surface area contributed by atoms with E-state index in [0.717, 1.165) is 54.4 Å². The molecule has 0 radical (unpaired) electrons. The van der Waals surface area contributed by atoms with Gasteiger partial charge in [-0.15, -0.1) is 0 Å². The minimum Gasteiger partial charge on any atom is -0.314 e. The Labute approximate surface area is 700 Å². The van der Waals surface area contributed by atoms with Crippen LogP contribution in [0.5, 0.6) is 0 Å². The van der Waals surface area contributed by atoms with Gasteiger partial charge >= 0.3 is 0 Å². The second-order valence-corrected chi connectivity index (χ2v) is 44.7. The first-order valence-corrected chi connectivity index (χ1v) is 48.6. The minimum atomic E-state index is 0.354. The Kier molecular flexibility index (Phi) is 55.7. The van der Waals surface area contributed by atoms with E-state index in [0.29, 0.717) is 44.1 Å². The summed E-state index contributed by atoms with van der Waals surface area (Å²) in [7, 11) is 0. The Morgan fingerprint density at radius 2 is 0.450 bits per heavy atom. The van der Waals surface area contributed by atoms with E-state index in [1.54, 1.807) is 0 Å². The molecule has 666 valence electrons. The molecule has 0 atom stereocenters. The van der Waals surface area contributed by atoms with Gasteiger partial charge in [0.15, 0.2) is 0 Å². The second kappa shape index (κ2) is 56.9. The molecule has 0 amide bonds. The van der Waals surface area contributed by atoms with E-state index in [9.17, 15) is 0 Å². The molecule has 8 heterocycles. The van der Waals surface area contributed by atoms with Gasteiger partial charge in [-0.3, -0.25) is 29.4 Å². The maximum absolute atomic E-state index is 3.70. The van der Waals surface area contributed by atoms with E-state index in [2.05, 4.69) is 282 Å². The molecule has 0 aromatic heterocycles. The van der Waals surface area contributed by atoms with Gasteiger partial charge in [0.2, 0.25) is 0 Å². The van der Waals surface area contributed by atoms with Crippen molar-refractivity contribution >= 4 is 0 Å². The first kappa shape index (κ1) is 109. The van der Waals surface area contributed by atoms with Crippen molar-refractivity contribution in [1.29, 1.82) is 0 Å². The van der Waals surface area contributed by atoms with Crippen molar-refractivity contribution in [3.05, 3.63) is 0 Å². The Morgan fingerprint density at radius 3 is 0.685 bits per heavy atom. The van der Waals surface area contributed by atoms with E-state index >= 15 is 0 Å². The smallest absolute Gasteiger partial charge is 0.0125 e. The van der Waals surface area contributed by atoms with Crippen molar-refractivity contribution in [1.82, 2.24) is 60.5 Å². The monoisotopic (exact) mass is 1570 g/mol. The highest BCUT2D eigenvalue weighted by molar-refractivity contribution is 4.92. The van der Waals surface area contributed by atoms with E-state index in [4.69, 9.17) is 0 Å². The normalized spacial score (nSPS) is 21.1. The van der Waals surface area contributed by atoms with Crippen LogP contribution in [-0.2, 0) is 0 Å². The summed E-state index contributed by atoms with van der Waals surface area (Å²) in [5.41, 5.74) is 3.26. The summed E-state index contributed by atoms with van der Waals surface area (Å²) < 4.78 is 0. The fourth-order valence-electron chi connectivity index (χ4n) is 16.8. The molecule has 0 saturated carbocycles. The third kappa shape index (κ3) is 51.7. The standard InChI is InChI=1S/C15H31N.C14H30N2.C14H29N.C13H28N2.C12H26N2.C11H24N2.2C10H21N/c1-5-6-7-8-9-10-11-16-12-14(13-16)15(2,3)4;1-5-6-7-10-15-13-8-11-16(12-9-13)14(2,3)4;1-5-6-7-8-9-10-15-11-13(12-15)14(2,3)4;1-5-6-9-14-12-7-10-15(11-8-12)13(2,3)4;1-5-8-13-11-6-9-14(10-7-11)12(2,3)4;1-5-12-10-6-8-13(9-7-10)11(2,3)4;2*1-9-5-7-11(8-6-9)10(2,3)4/h14H,5-13H2,1-4H3;13,15H,5-12H2,1-4H3;13H,5-12H2,1-4H3;12,14H,5-11H2,1-4H3;11,13H,5-10H2,1-4H3;10,12H,5-9H2,1-4H3;2*9H,5-8H2,1-4H3. The van der Waals surface area contributed by atoms with Gasteiger partial charge in [-0.25, -0.2) is 0 Å². The summed E-state index contributed by atoms with van der Waals surface area (Å²) in [4.78, 5) is 20.8. The van der Waals surface area contributed by atoms with Crippen LogP contribution in [0, 0.1) is 34.5 Å². The van der Waals surface area contributed by atoms with Crippen LogP contribution < -0.4 is 21.3 Å². The van der Waals surface area contributed by atoms with Crippen molar-refractivity contribution in [2.24, 2.45) is 34.5 Å². The minimum absolute atomic E-state index is 0.354. The largest absolute Gasteiger partial charge is 0.314 e. The maximum atomic E-state index is 3.70. The van der Waals surface area contributed by atoms with Gasteiger partial charge in [-0.1, -0.05) is 174 Å². The zero-order chi connectivity index (χ0) is 84.1. The van der Waals surface area contributed by atoms with Gasteiger partial charge < -0.3 is 31.1 Å². The highest BCUT2D eigenvalue weighted by atomic mass is 15.2. The lowest BCUT2D eigenvalue weighted by atomic mass is 9.76. The first-order valence-electron chi connectivity index (χ1n) is 48.6. The molecule has 8 saturated heterocycles.